The van der Waals surface area contributed by atoms with Crippen molar-refractivity contribution in [3.63, 3.8) is 0 Å². The van der Waals surface area contributed by atoms with Crippen molar-refractivity contribution in [2.45, 2.75) is 57.9 Å². The number of halogens is 1. The Balaban J connectivity index is 2.01. The van der Waals surface area contributed by atoms with Crippen molar-refractivity contribution in [1.29, 1.82) is 0 Å². The molecule has 1 aromatic rings. The van der Waals surface area contributed by atoms with Crippen molar-refractivity contribution in [3.8, 4) is 0 Å². The van der Waals surface area contributed by atoms with Crippen LogP contribution in [0.3, 0.4) is 0 Å². The average Bonchev–Trinajstić information content (AvgIpc) is 2.45. The number of hydrogen-bond acceptors (Lipinski definition) is 3. The Labute approximate surface area is 114 Å². The van der Waals surface area contributed by atoms with E-state index in [4.69, 9.17) is 16.3 Å². The third-order valence-corrected chi connectivity index (χ3v) is 3.81. The highest BCUT2D eigenvalue weighted by molar-refractivity contribution is 6.31. The summed E-state index contributed by atoms with van der Waals surface area (Å²) in [4.78, 5) is 3.99. The van der Waals surface area contributed by atoms with Crippen LogP contribution in [-0.2, 0) is 11.3 Å². The quantitative estimate of drug-likeness (QED) is 0.914. The van der Waals surface area contributed by atoms with Crippen molar-refractivity contribution >= 4 is 11.6 Å². The molecule has 4 heteroatoms. The molecule has 2 rings (SSSR count). The average molecular weight is 269 g/mol. The molecule has 1 saturated heterocycles. The van der Waals surface area contributed by atoms with Crippen LogP contribution in [0.4, 0.5) is 0 Å². The number of aromatic nitrogens is 1. The van der Waals surface area contributed by atoms with Crippen LogP contribution in [0.15, 0.2) is 18.5 Å². The van der Waals surface area contributed by atoms with Crippen LogP contribution < -0.4 is 5.32 Å². The summed E-state index contributed by atoms with van der Waals surface area (Å²) in [6, 6.07) is 2.28. The molecule has 1 N–H and O–H groups in total. The molecule has 3 nitrogen and oxygen atoms in total. The van der Waals surface area contributed by atoms with E-state index in [2.05, 4.69) is 38.0 Å². The first kappa shape index (κ1) is 13.8. The predicted molar refractivity (Wildman–Crippen MR) is 73.7 cm³/mol. The zero-order valence-electron chi connectivity index (χ0n) is 11.5. The Morgan fingerprint density at radius 1 is 1.44 bits per heavy atom. The highest BCUT2D eigenvalue weighted by atomic mass is 35.5. The molecule has 1 aliphatic heterocycles. The first-order valence-corrected chi connectivity index (χ1v) is 6.70. The minimum atomic E-state index is -0.150. The Hall–Kier alpha value is -0.640. The zero-order valence-corrected chi connectivity index (χ0v) is 12.2. The van der Waals surface area contributed by atoms with Crippen LogP contribution in [0, 0.1) is 0 Å². The zero-order chi connectivity index (χ0) is 13.4. The van der Waals surface area contributed by atoms with E-state index in [9.17, 15) is 0 Å². The highest BCUT2D eigenvalue weighted by Gasteiger charge is 2.45. The lowest BCUT2D eigenvalue weighted by molar-refractivity contribution is -0.0699. The second-order valence-corrected chi connectivity index (χ2v) is 6.48. The molecular weight excluding hydrogens is 248 g/mol. The number of rotatable bonds is 3. The lowest BCUT2D eigenvalue weighted by atomic mass is 9.94. The molecule has 0 saturated carbocycles. The maximum atomic E-state index is 6.10. The van der Waals surface area contributed by atoms with Crippen molar-refractivity contribution in [2.75, 3.05) is 0 Å². The Morgan fingerprint density at radius 2 is 2.17 bits per heavy atom. The van der Waals surface area contributed by atoms with Gasteiger partial charge in [0.1, 0.15) is 0 Å². The maximum Gasteiger partial charge on any atom is 0.0787 e. The first-order valence-electron chi connectivity index (χ1n) is 6.32. The second-order valence-electron chi connectivity index (χ2n) is 6.07. The van der Waals surface area contributed by atoms with E-state index in [1.165, 1.54) is 0 Å². The summed E-state index contributed by atoms with van der Waals surface area (Å²) in [5.41, 5.74) is 0.860. The Kier molecular flexibility index (Phi) is 3.67. The van der Waals surface area contributed by atoms with Crippen LogP contribution in [0.2, 0.25) is 5.02 Å². The van der Waals surface area contributed by atoms with Gasteiger partial charge in [-0.25, -0.2) is 0 Å². The fourth-order valence-corrected chi connectivity index (χ4v) is 2.85. The van der Waals surface area contributed by atoms with Gasteiger partial charge in [-0.15, -0.1) is 0 Å². The first-order chi connectivity index (χ1) is 8.30. The molecule has 1 aromatic heterocycles. The third kappa shape index (κ3) is 3.02. The summed E-state index contributed by atoms with van der Waals surface area (Å²) in [5, 5.41) is 4.26. The third-order valence-electron chi connectivity index (χ3n) is 3.47. The fraction of sp³-hybridized carbons (Fsp3) is 0.643. The maximum absolute atomic E-state index is 6.10. The van der Waals surface area contributed by atoms with E-state index in [1.807, 2.05) is 6.07 Å². The Morgan fingerprint density at radius 3 is 2.72 bits per heavy atom. The van der Waals surface area contributed by atoms with Crippen LogP contribution >= 0.6 is 11.6 Å². The van der Waals surface area contributed by atoms with E-state index in [1.54, 1.807) is 12.4 Å². The fourth-order valence-electron chi connectivity index (χ4n) is 2.66. The number of nitrogens with one attached hydrogen (secondary N) is 1. The summed E-state index contributed by atoms with van der Waals surface area (Å²) in [6.07, 6.45) is 4.45. The van der Waals surface area contributed by atoms with Crippen molar-refractivity contribution in [2.24, 2.45) is 0 Å². The minimum absolute atomic E-state index is 0.0663. The predicted octanol–water partition coefficient (Wildman–Crippen LogP) is 3.17. The molecule has 100 valence electrons. The van der Waals surface area contributed by atoms with Crippen LogP contribution in [0.5, 0.6) is 0 Å². The van der Waals surface area contributed by atoms with Gasteiger partial charge in [0.2, 0.25) is 0 Å². The molecule has 1 aliphatic rings. The molecule has 18 heavy (non-hydrogen) atoms. The summed E-state index contributed by atoms with van der Waals surface area (Å²) >= 11 is 6.10. The molecule has 0 amide bonds. The molecule has 0 bridgehead atoms. The Bertz CT molecular complexity index is 432. The normalized spacial score (nSPS) is 25.3. The number of pyridine rings is 1. The molecule has 0 spiro atoms. The van der Waals surface area contributed by atoms with Gasteiger partial charge in [-0.3, -0.25) is 4.98 Å². The van der Waals surface area contributed by atoms with Gasteiger partial charge >= 0.3 is 0 Å². The molecule has 1 fully saturated rings. The van der Waals surface area contributed by atoms with Crippen LogP contribution in [-0.4, -0.2) is 22.2 Å². The lowest BCUT2D eigenvalue weighted by Gasteiger charge is -2.28. The summed E-state index contributed by atoms with van der Waals surface area (Å²) in [5.74, 6) is 0. The van der Waals surface area contributed by atoms with Crippen LogP contribution in [0.25, 0.3) is 0 Å². The smallest absolute Gasteiger partial charge is 0.0787 e. The summed E-state index contributed by atoms with van der Waals surface area (Å²) in [6.45, 7) is 9.28. The molecule has 1 atom stereocenters. The number of hydrogen-bond donors (Lipinski definition) is 1. The second kappa shape index (κ2) is 4.80. The molecule has 0 aromatic carbocycles. The number of nitrogens with zero attached hydrogens (tertiary/aromatic N) is 1. The number of ether oxygens (including phenoxy) is 1. The topological polar surface area (TPSA) is 34.2 Å². The van der Waals surface area contributed by atoms with Gasteiger partial charge in [-0.05, 0) is 45.7 Å². The molecule has 0 aliphatic carbocycles. The molecule has 2 heterocycles. The van der Waals surface area contributed by atoms with E-state index in [0.717, 1.165) is 18.5 Å². The van der Waals surface area contributed by atoms with Gasteiger partial charge in [0.05, 0.1) is 16.2 Å². The molecule has 0 unspecified atom stereocenters. The van der Waals surface area contributed by atoms with Gasteiger partial charge in [-0.2, -0.15) is 0 Å². The molecule has 0 radical (unpaired) electrons. The SMILES string of the molecule is CC1(C)C[C@H](NCc2ccncc2Cl)C(C)(C)O1. The molecular formula is C14H21ClN2O. The minimum Gasteiger partial charge on any atom is -0.368 e. The van der Waals surface area contributed by atoms with Crippen molar-refractivity contribution in [1.82, 2.24) is 10.3 Å². The van der Waals surface area contributed by atoms with Gasteiger partial charge < -0.3 is 10.1 Å². The van der Waals surface area contributed by atoms with E-state index < -0.39 is 0 Å². The van der Waals surface area contributed by atoms with E-state index >= 15 is 0 Å². The summed E-state index contributed by atoms with van der Waals surface area (Å²) < 4.78 is 6.06. The van der Waals surface area contributed by atoms with Crippen molar-refractivity contribution < 1.29 is 4.74 Å². The largest absolute Gasteiger partial charge is 0.368 e. The van der Waals surface area contributed by atoms with Gasteiger partial charge in [0.15, 0.2) is 0 Å². The van der Waals surface area contributed by atoms with Gasteiger partial charge in [0, 0.05) is 25.0 Å². The van der Waals surface area contributed by atoms with E-state index in [0.29, 0.717) is 11.1 Å². The van der Waals surface area contributed by atoms with Crippen molar-refractivity contribution in [3.05, 3.63) is 29.0 Å². The monoisotopic (exact) mass is 268 g/mol. The van der Waals surface area contributed by atoms with Gasteiger partial charge in [-0.1, -0.05) is 11.6 Å². The summed E-state index contributed by atoms with van der Waals surface area (Å²) in [7, 11) is 0. The van der Waals surface area contributed by atoms with Crippen LogP contribution in [0.1, 0.15) is 39.7 Å². The highest BCUT2D eigenvalue weighted by Crippen LogP contribution is 2.37. The van der Waals surface area contributed by atoms with Gasteiger partial charge in [0.25, 0.3) is 0 Å². The standard InChI is InChI=1S/C14H21ClN2O/c1-13(2)7-12(14(3,4)18-13)17-8-10-5-6-16-9-11(10)15/h5-6,9,12,17H,7-8H2,1-4H3/t12-/m0/s1. The van der Waals surface area contributed by atoms with E-state index in [-0.39, 0.29) is 11.2 Å². The lowest BCUT2D eigenvalue weighted by Crippen LogP contribution is -2.42.